The molecule has 1 aliphatic carbocycles. The van der Waals surface area contributed by atoms with E-state index >= 15 is 0 Å². The van der Waals surface area contributed by atoms with Gasteiger partial charge in [-0.25, -0.2) is 4.58 Å². The van der Waals surface area contributed by atoms with Crippen molar-refractivity contribution in [1.29, 1.82) is 0 Å². The predicted octanol–water partition coefficient (Wildman–Crippen LogP) is 12.0. The van der Waals surface area contributed by atoms with E-state index in [0.29, 0.717) is 78.8 Å². The second kappa shape index (κ2) is 34.3. The van der Waals surface area contributed by atoms with Gasteiger partial charge in [-0.1, -0.05) is 54.6 Å². The van der Waals surface area contributed by atoms with E-state index in [0.717, 1.165) is 133 Å². The van der Waals surface area contributed by atoms with Crippen LogP contribution in [-0.2, 0) is 57.1 Å². The molecule has 0 bridgehead atoms. The first-order valence-corrected chi connectivity index (χ1v) is 31.5. The van der Waals surface area contributed by atoms with E-state index in [-0.39, 0.29) is 49.6 Å². The van der Waals surface area contributed by atoms with Crippen molar-refractivity contribution in [2.24, 2.45) is 0 Å². The van der Waals surface area contributed by atoms with Crippen LogP contribution in [0.2, 0.25) is 0 Å². The number of carbonyl (C=O) groups is 4. The normalized spacial score (nSPS) is 19.6. The molecule has 4 fully saturated rings. The van der Waals surface area contributed by atoms with Gasteiger partial charge in [-0.15, -0.1) is 0 Å². The van der Waals surface area contributed by atoms with Gasteiger partial charge >= 0.3 is 23.9 Å². The summed E-state index contributed by atoms with van der Waals surface area (Å²) in [5.74, 6) is -1.03. The standard InChI is InChI=1S/C69H91N4O12/c1-5-70(44-40-62(74)82-66-20-9-13-48-78-66)56-32-24-52(25-33-56)60(53-26-34-57(35-27-53)71(6-2)45-41-63(75)83-67-21-10-14-49-79-67)18-17-19-61(54-28-36-58(37-29-54)72(7-3)46-42-64(76)84-68-22-11-15-50-80-68)55-30-38-59(39-31-55)73(8-4)47-43-65(77)85-69-23-12-16-51-81-69/h17-19,24-39,66-69H,5-16,20-23,40-51H2,1-4H3/q+1. The van der Waals surface area contributed by atoms with Gasteiger partial charge in [-0.05, 0) is 161 Å². The summed E-state index contributed by atoms with van der Waals surface area (Å²) in [6, 6.07) is 25.5. The number of esters is 4. The molecule has 4 aliphatic heterocycles. The predicted molar refractivity (Wildman–Crippen MR) is 332 cm³/mol. The Hall–Kier alpha value is -6.85. The zero-order valence-corrected chi connectivity index (χ0v) is 50.8. The van der Waals surface area contributed by atoms with Crippen LogP contribution in [0.15, 0.2) is 121 Å². The van der Waals surface area contributed by atoms with Crippen LogP contribution in [0.3, 0.4) is 0 Å². The Bertz CT molecular complexity index is 2690. The van der Waals surface area contributed by atoms with Gasteiger partial charge in [-0.3, -0.25) is 19.2 Å². The molecule has 5 aliphatic rings. The first-order valence-electron chi connectivity index (χ1n) is 31.5. The van der Waals surface area contributed by atoms with Crippen molar-refractivity contribution in [3.8, 4) is 0 Å². The molecule has 3 aromatic rings. The van der Waals surface area contributed by atoms with Crippen LogP contribution in [0.5, 0.6) is 0 Å². The zero-order valence-electron chi connectivity index (χ0n) is 50.8. The van der Waals surface area contributed by atoms with Crippen LogP contribution in [-0.4, -0.2) is 138 Å². The summed E-state index contributed by atoms with van der Waals surface area (Å²) in [4.78, 5) is 58.2. The van der Waals surface area contributed by atoms with Crippen molar-refractivity contribution >= 4 is 57.8 Å². The molecule has 0 spiro atoms. The van der Waals surface area contributed by atoms with Crippen LogP contribution >= 0.6 is 0 Å². The summed E-state index contributed by atoms with van der Waals surface area (Å²) in [6.07, 6.45) is 24.9. The minimum Gasteiger partial charge on any atom is -0.436 e. The topological polar surface area (TPSA) is 155 Å². The van der Waals surface area contributed by atoms with Crippen LogP contribution in [0.4, 0.5) is 17.1 Å². The Labute approximate surface area is 504 Å². The molecule has 85 heavy (non-hydrogen) atoms. The van der Waals surface area contributed by atoms with E-state index in [1.54, 1.807) is 0 Å². The Morgan fingerprint density at radius 2 is 0.824 bits per heavy atom. The minimum absolute atomic E-state index is 0.251. The Morgan fingerprint density at radius 1 is 0.471 bits per heavy atom. The maximum Gasteiger partial charge on any atom is 0.314 e. The van der Waals surface area contributed by atoms with E-state index in [2.05, 4.69) is 162 Å². The van der Waals surface area contributed by atoms with Crippen molar-refractivity contribution in [1.82, 2.24) is 0 Å². The van der Waals surface area contributed by atoms with E-state index < -0.39 is 25.2 Å². The molecule has 4 unspecified atom stereocenters. The fraction of sp³-hybridized carbons (Fsp3) is 0.522. The highest BCUT2D eigenvalue weighted by molar-refractivity contribution is 6.03. The van der Waals surface area contributed by atoms with Gasteiger partial charge in [0.1, 0.15) is 13.0 Å². The molecular weight excluding hydrogens is 1080 g/mol. The molecule has 4 saturated heterocycles. The molecule has 4 atom stereocenters. The van der Waals surface area contributed by atoms with Crippen LogP contribution in [0.25, 0.3) is 11.1 Å². The summed E-state index contributed by atoms with van der Waals surface area (Å²) in [5, 5.41) is 0. The van der Waals surface area contributed by atoms with E-state index in [1.807, 2.05) is 0 Å². The number of hydrogen-bond acceptors (Lipinski definition) is 15. The van der Waals surface area contributed by atoms with Gasteiger partial charge in [0, 0.05) is 94.2 Å². The molecule has 458 valence electrons. The molecule has 0 radical (unpaired) electrons. The van der Waals surface area contributed by atoms with Gasteiger partial charge in [0.25, 0.3) is 0 Å². The third kappa shape index (κ3) is 20.1. The first kappa shape index (κ1) is 64.2. The van der Waals surface area contributed by atoms with E-state index in [1.165, 1.54) is 0 Å². The number of nitrogens with zero attached hydrogens (tertiary/aromatic N) is 4. The lowest BCUT2D eigenvalue weighted by Crippen LogP contribution is -2.29. The molecule has 16 nitrogen and oxygen atoms in total. The van der Waals surface area contributed by atoms with Gasteiger partial charge in [-0.2, -0.15) is 0 Å². The summed E-state index contributed by atoms with van der Waals surface area (Å²) in [6.45, 7) is 15.7. The monoisotopic (exact) mass is 1170 g/mol. The molecule has 16 heteroatoms. The lowest BCUT2D eigenvalue weighted by Gasteiger charge is -2.25. The van der Waals surface area contributed by atoms with Crippen molar-refractivity contribution in [3.63, 3.8) is 0 Å². The molecule has 0 amide bonds. The Kier molecular flexibility index (Phi) is 25.9. The lowest BCUT2D eigenvalue weighted by molar-refractivity contribution is -0.522. The van der Waals surface area contributed by atoms with Gasteiger partial charge < -0.3 is 52.6 Å². The van der Waals surface area contributed by atoms with Crippen molar-refractivity contribution in [2.45, 2.75) is 156 Å². The minimum atomic E-state index is -0.461. The maximum atomic E-state index is 12.9. The number of ether oxygens (including phenoxy) is 8. The van der Waals surface area contributed by atoms with Gasteiger partial charge in [0.05, 0.1) is 45.7 Å². The lowest BCUT2D eigenvalue weighted by atomic mass is 9.94. The number of anilines is 3. The fourth-order valence-electron chi connectivity index (χ4n) is 11.2. The fourth-order valence-corrected chi connectivity index (χ4v) is 11.2. The summed E-state index contributed by atoms with van der Waals surface area (Å²) in [7, 11) is 0. The molecule has 8 rings (SSSR count). The molecule has 0 aromatic heterocycles. The maximum absolute atomic E-state index is 12.9. The average molecular weight is 1170 g/mol. The zero-order chi connectivity index (χ0) is 59.6. The molecule has 0 N–H and O–H groups in total. The van der Waals surface area contributed by atoms with Crippen LogP contribution in [0, 0.1) is 0 Å². The highest BCUT2D eigenvalue weighted by atomic mass is 16.7. The second-order valence-electron chi connectivity index (χ2n) is 22.0. The Balaban J connectivity index is 1.07. The quantitative estimate of drug-likeness (QED) is 0.0293. The van der Waals surface area contributed by atoms with Crippen LogP contribution in [0.1, 0.15) is 147 Å². The van der Waals surface area contributed by atoms with Crippen molar-refractivity contribution in [2.75, 3.05) is 93.5 Å². The third-order valence-corrected chi connectivity index (χ3v) is 16.2. The van der Waals surface area contributed by atoms with Gasteiger partial charge in [0.2, 0.25) is 25.2 Å². The average Bonchev–Trinajstić information content (AvgIpc) is 3.67. The molecule has 4 heterocycles. The smallest absolute Gasteiger partial charge is 0.314 e. The molecule has 0 saturated carbocycles. The number of allylic oxidation sites excluding steroid dienone is 9. The molecule has 3 aromatic carbocycles. The number of hydrogen-bond donors (Lipinski definition) is 0. The third-order valence-electron chi connectivity index (χ3n) is 16.2. The number of benzene rings is 3. The highest BCUT2D eigenvalue weighted by Gasteiger charge is 2.24. The highest BCUT2D eigenvalue weighted by Crippen LogP contribution is 2.31. The van der Waals surface area contributed by atoms with Crippen molar-refractivity contribution in [3.05, 3.63) is 138 Å². The number of carbonyl (C=O) groups excluding carboxylic acids is 4. The van der Waals surface area contributed by atoms with Crippen LogP contribution < -0.4 is 14.7 Å². The molecular formula is C69H91N4O12+. The summed E-state index contributed by atoms with van der Waals surface area (Å²) in [5.41, 5.74) is 10.0. The van der Waals surface area contributed by atoms with Crippen molar-refractivity contribution < 1.29 is 61.6 Å². The second-order valence-corrected chi connectivity index (χ2v) is 22.0. The summed E-state index contributed by atoms with van der Waals surface area (Å²) >= 11 is 0. The number of rotatable bonds is 28. The SMILES string of the molecule is CCN(CCC(=O)OC1CCCCO1)c1ccc(C(=CC=CC(=C2C=CC(=[N+](CC)CCC(=O)OC3CCCCO3)C=C2)c2ccc(N(CC)CCC(=O)OC3CCCCO3)cc2)c2ccc(N(CC)CCC(=O)OC3CCCCO3)cc2)cc1. The van der Waals surface area contributed by atoms with Gasteiger partial charge in [0.15, 0.2) is 12.3 Å². The largest absolute Gasteiger partial charge is 0.436 e. The Morgan fingerprint density at radius 3 is 1.15 bits per heavy atom. The van der Waals surface area contributed by atoms with E-state index in [9.17, 15) is 19.2 Å². The first-order chi connectivity index (χ1) is 41.6. The summed E-state index contributed by atoms with van der Waals surface area (Å²) < 4.78 is 47.4. The van der Waals surface area contributed by atoms with E-state index in [4.69, 9.17) is 37.9 Å².